The Hall–Kier alpha value is -2.91. The van der Waals surface area contributed by atoms with Crippen molar-refractivity contribution in [3.05, 3.63) is 53.6 Å². The number of nitrogens with one attached hydrogen (secondary N) is 2. The number of carboxylic acids is 1. The van der Waals surface area contributed by atoms with Crippen molar-refractivity contribution < 1.29 is 19.5 Å². The molecule has 3 N–H and O–H groups in total. The van der Waals surface area contributed by atoms with Crippen LogP contribution in [0.1, 0.15) is 52.8 Å². The largest absolute Gasteiger partial charge is 0.478 e. The highest BCUT2D eigenvalue weighted by atomic mass is 32.2. The number of thioether (sulfide) groups is 1. The van der Waals surface area contributed by atoms with Crippen molar-refractivity contribution in [3.8, 4) is 0 Å². The summed E-state index contributed by atoms with van der Waals surface area (Å²) in [5.74, 6) is -1.28. The first-order valence-electron chi connectivity index (χ1n) is 10.5. The van der Waals surface area contributed by atoms with Gasteiger partial charge in [-0.05, 0) is 43.2 Å². The van der Waals surface area contributed by atoms with Gasteiger partial charge in [-0.2, -0.15) is 0 Å². The second-order valence-electron chi connectivity index (χ2n) is 7.66. The summed E-state index contributed by atoms with van der Waals surface area (Å²) < 4.78 is 1.67. The highest BCUT2D eigenvalue weighted by Gasteiger charge is 2.18. The molecule has 7 nitrogen and oxygen atoms in total. The van der Waals surface area contributed by atoms with Gasteiger partial charge >= 0.3 is 5.97 Å². The minimum absolute atomic E-state index is 0.0335. The molecule has 3 aromatic rings. The van der Waals surface area contributed by atoms with Crippen molar-refractivity contribution >= 4 is 56.8 Å². The zero-order chi connectivity index (χ0) is 22.5. The van der Waals surface area contributed by atoms with Gasteiger partial charge in [0.05, 0.1) is 27.1 Å². The third-order valence-electron chi connectivity index (χ3n) is 5.33. The molecule has 1 fully saturated rings. The summed E-state index contributed by atoms with van der Waals surface area (Å²) in [6, 6.07) is 11.7. The minimum atomic E-state index is -1.15. The average molecular weight is 470 g/mol. The van der Waals surface area contributed by atoms with Crippen LogP contribution in [0.5, 0.6) is 0 Å². The highest BCUT2D eigenvalue weighted by Crippen LogP contribution is 2.31. The predicted octanol–water partition coefficient (Wildman–Crippen LogP) is 4.79. The zero-order valence-corrected chi connectivity index (χ0v) is 18.9. The van der Waals surface area contributed by atoms with Crippen LogP contribution in [-0.2, 0) is 4.79 Å². The molecule has 9 heteroatoms. The molecule has 1 aliphatic carbocycles. The third-order valence-corrected chi connectivity index (χ3v) is 7.49. The Bertz CT molecular complexity index is 1160. The highest BCUT2D eigenvalue weighted by molar-refractivity contribution is 8.01. The van der Waals surface area contributed by atoms with E-state index in [0.717, 1.165) is 27.4 Å². The van der Waals surface area contributed by atoms with E-state index in [9.17, 15) is 19.5 Å². The van der Waals surface area contributed by atoms with Crippen molar-refractivity contribution in [2.45, 2.75) is 42.5 Å². The number of carboxylic acid groups (broad SMARTS) is 1. The Kier molecular flexibility index (Phi) is 7.06. The molecule has 0 radical (unpaired) electrons. The van der Waals surface area contributed by atoms with Crippen LogP contribution in [0.15, 0.2) is 46.8 Å². The van der Waals surface area contributed by atoms with Crippen LogP contribution in [0.4, 0.5) is 5.69 Å². The number of amides is 2. The topological polar surface area (TPSA) is 108 Å². The Morgan fingerprint density at radius 2 is 1.81 bits per heavy atom. The van der Waals surface area contributed by atoms with Crippen molar-refractivity contribution in [1.29, 1.82) is 0 Å². The molecule has 2 amide bonds. The molecule has 0 saturated heterocycles. The number of hydrogen-bond donors (Lipinski definition) is 3. The van der Waals surface area contributed by atoms with Gasteiger partial charge in [-0.1, -0.05) is 43.2 Å². The molecule has 1 heterocycles. The van der Waals surface area contributed by atoms with Crippen LogP contribution in [0, 0.1) is 0 Å². The quantitative estimate of drug-likeness (QED) is 0.430. The Labute approximate surface area is 193 Å². The maximum atomic E-state index is 12.6. The monoisotopic (exact) mass is 469 g/mol. The van der Waals surface area contributed by atoms with Crippen molar-refractivity contribution in [2.75, 3.05) is 11.1 Å². The number of thiazole rings is 1. The summed E-state index contributed by atoms with van der Waals surface area (Å²) in [7, 11) is 0. The van der Waals surface area contributed by atoms with Gasteiger partial charge in [-0.3, -0.25) is 9.59 Å². The van der Waals surface area contributed by atoms with Crippen LogP contribution in [0.2, 0.25) is 0 Å². The zero-order valence-electron chi connectivity index (χ0n) is 17.3. The molecule has 4 rings (SSSR count). The summed E-state index contributed by atoms with van der Waals surface area (Å²) in [6.07, 6.45) is 5.72. The normalized spacial score (nSPS) is 14.2. The predicted molar refractivity (Wildman–Crippen MR) is 127 cm³/mol. The number of aromatic nitrogens is 1. The number of benzene rings is 2. The van der Waals surface area contributed by atoms with E-state index in [1.165, 1.54) is 54.5 Å². The molecular weight excluding hydrogens is 446 g/mol. The van der Waals surface area contributed by atoms with Crippen molar-refractivity contribution in [3.63, 3.8) is 0 Å². The molecule has 32 heavy (non-hydrogen) atoms. The number of nitrogens with zero attached hydrogens (tertiary/aromatic N) is 1. The summed E-state index contributed by atoms with van der Waals surface area (Å²) in [6.45, 7) is 0. The molecule has 1 aromatic heterocycles. The molecule has 1 aliphatic rings. The van der Waals surface area contributed by atoms with E-state index >= 15 is 0 Å². The molecule has 0 spiro atoms. The second-order valence-corrected chi connectivity index (χ2v) is 9.91. The van der Waals surface area contributed by atoms with Crippen molar-refractivity contribution in [2.24, 2.45) is 0 Å². The van der Waals surface area contributed by atoms with Gasteiger partial charge in [-0.15, -0.1) is 11.3 Å². The number of fused-ring (bicyclic) bond motifs is 1. The fourth-order valence-electron chi connectivity index (χ4n) is 3.75. The van der Waals surface area contributed by atoms with Gasteiger partial charge in [0, 0.05) is 11.7 Å². The Morgan fingerprint density at radius 1 is 1.06 bits per heavy atom. The summed E-state index contributed by atoms with van der Waals surface area (Å²) in [4.78, 5) is 40.7. The molecule has 0 aliphatic heterocycles. The van der Waals surface area contributed by atoms with E-state index in [1.54, 1.807) is 30.3 Å². The lowest BCUT2D eigenvalue weighted by Gasteiger charge is -2.22. The lowest BCUT2D eigenvalue weighted by molar-refractivity contribution is -0.119. The smallest absolute Gasteiger partial charge is 0.336 e. The summed E-state index contributed by atoms with van der Waals surface area (Å²) >= 11 is 2.86. The van der Waals surface area contributed by atoms with Crippen LogP contribution in [-0.4, -0.2) is 39.7 Å². The van der Waals surface area contributed by atoms with Crippen LogP contribution < -0.4 is 10.6 Å². The molecule has 1 saturated carbocycles. The lowest BCUT2D eigenvalue weighted by Crippen LogP contribution is -2.37. The van der Waals surface area contributed by atoms with Crippen LogP contribution >= 0.6 is 23.1 Å². The number of anilines is 1. The van der Waals surface area contributed by atoms with Gasteiger partial charge in [0.25, 0.3) is 5.91 Å². The SMILES string of the molecule is O=C(CSc1nc2ccc(NC(=O)c3ccccc3C(=O)O)cc2s1)NC1CCCCC1. The van der Waals surface area contributed by atoms with Crippen LogP contribution in [0.3, 0.4) is 0 Å². The van der Waals surface area contributed by atoms with E-state index in [4.69, 9.17) is 0 Å². The third kappa shape index (κ3) is 5.46. The van der Waals surface area contributed by atoms with E-state index in [-0.39, 0.29) is 17.0 Å². The van der Waals surface area contributed by atoms with E-state index in [2.05, 4.69) is 15.6 Å². The van der Waals surface area contributed by atoms with E-state index in [0.29, 0.717) is 17.5 Å². The first-order chi connectivity index (χ1) is 15.5. The van der Waals surface area contributed by atoms with E-state index < -0.39 is 11.9 Å². The number of aromatic carboxylic acids is 1. The molecule has 0 bridgehead atoms. The fourth-order valence-corrected chi connectivity index (χ4v) is 5.67. The first kappa shape index (κ1) is 22.3. The molecule has 0 atom stereocenters. The Balaban J connectivity index is 1.39. The minimum Gasteiger partial charge on any atom is -0.478 e. The standard InChI is InChI=1S/C23H23N3O4S2/c27-20(24-14-6-2-1-3-7-14)13-31-23-26-18-11-10-15(12-19(18)32-23)25-21(28)16-8-4-5-9-17(16)22(29)30/h4-5,8-12,14H,1-3,6-7,13H2,(H,24,27)(H,25,28)(H,29,30). The summed E-state index contributed by atoms with van der Waals surface area (Å²) in [5, 5.41) is 15.2. The average Bonchev–Trinajstić information content (AvgIpc) is 3.20. The maximum absolute atomic E-state index is 12.6. The molecule has 2 aromatic carbocycles. The maximum Gasteiger partial charge on any atom is 0.336 e. The van der Waals surface area contributed by atoms with Crippen LogP contribution in [0.25, 0.3) is 10.2 Å². The molecular formula is C23H23N3O4S2. The van der Waals surface area contributed by atoms with Gasteiger partial charge in [0.15, 0.2) is 4.34 Å². The van der Waals surface area contributed by atoms with Gasteiger partial charge in [-0.25, -0.2) is 9.78 Å². The molecule has 0 unspecified atom stereocenters. The van der Waals surface area contributed by atoms with Gasteiger partial charge in [0.2, 0.25) is 5.91 Å². The Morgan fingerprint density at radius 3 is 2.56 bits per heavy atom. The number of carbonyl (C=O) groups excluding carboxylic acids is 2. The van der Waals surface area contributed by atoms with Gasteiger partial charge in [0.1, 0.15) is 0 Å². The number of hydrogen-bond acceptors (Lipinski definition) is 6. The lowest BCUT2D eigenvalue weighted by atomic mass is 9.95. The van der Waals surface area contributed by atoms with E-state index in [1.807, 2.05) is 0 Å². The number of carbonyl (C=O) groups is 3. The number of rotatable bonds is 7. The second kappa shape index (κ2) is 10.1. The summed E-state index contributed by atoms with van der Waals surface area (Å²) in [5.41, 5.74) is 1.39. The van der Waals surface area contributed by atoms with Gasteiger partial charge < -0.3 is 15.7 Å². The first-order valence-corrected chi connectivity index (χ1v) is 12.3. The fraction of sp³-hybridized carbons (Fsp3) is 0.304. The molecule has 166 valence electrons. The van der Waals surface area contributed by atoms with Crippen molar-refractivity contribution in [1.82, 2.24) is 10.3 Å².